The maximum Gasteiger partial charge on any atom is 0.237 e. The molecule has 0 aromatic heterocycles. The molecule has 2 aliphatic heterocycles. The fourth-order valence-electron chi connectivity index (χ4n) is 4.74. The number of likely N-dealkylation sites (tertiary alicyclic amines) is 2. The monoisotopic (exact) mass is 294 g/mol. The third-order valence-corrected chi connectivity index (χ3v) is 5.67. The van der Waals surface area contributed by atoms with E-state index in [2.05, 4.69) is 16.7 Å². The largest absolute Gasteiger partial charge is 0.387 e. The van der Waals surface area contributed by atoms with E-state index < -0.39 is 5.60 Å². The minimum absolute atomic E-state index is 0.296. The number of carbonyl (C=O) groups is 1. The zero-order valence-electron chi connectivity index (χ0n) is 13.4. The van der Waals surface area contributed by atoms with Crippen LogP contribution in [0.5, 0.6) is 0 Å². The molecule has 1 N–H and O–H groups in total. The lowest BCUT2D eigenvalue weighted by Crippen LogP contribution is -2.64. The normalized spacial score (nSPS) is 32.4. The number of fused-ring (bicyclic) bond motifs is 1. The highest BCUT2D eigenvalue weighted by Gasteiger charge is 2.42. The second-order valence-corrected chi connectivity index (χ2v) is 7.46. The predicted octanol–water partition coefficient (Wildman–Crippen LogP) is 2.01. The number of carbonyl (C=O) groups excluding carboxylic acids is 1. The van der Waals surface area contributed by atoms with E-state index in [0.717, 1.165) is 25.3 Å². The van der Waals surface area contributed by atoms with Crippen LogP contribution in [0.3, 0.4) is 0 Å². The van der Waals surface area contributed by atoms with Crippen molar-refractivity contribution in [3.63, 3.8) is 0 Å². The number of rotatable bonds is 4. The zero-order chi connectivity index (χ0) is 14.9. The molecule has 0 aromatic carbocycles. The minimum atomic E-state index is -0.524. The van der Waals surface area contributed by atoms with Crippen LogP contribution < -0.4 is 0 Å². The van der Waals surface area contributed by atoms with E-state index in [1.54, 1.807) is 0 Å². The highest BCUT2D eigenvalue weighted by molar-refractivity contribution is 5.79. The molecule has 2 heterocycles. The molecule has 4 heteroatoms. The second-order valence-electron chi connectivity index (χ2n) is 7.46. The molecule has 4 nitrogen and oxygen atoms in total. The Morgan fingerprint density at radius 1 is 1.19 bits per heavy atom. The summed E-state index contributed by atoms with van der Waals surface area (Å²) >= 11 is 0. The molecule has 1 saturated carbocycles. The van der Waals surface area contributed by atoms with Gasteiger partial charge in [-0.05, 0) is 38.0 Å². The van der Waals surface area contributed by atoms with Gasteiger partial charge < -0.3 is 10.0 Å². The van der Waals surface area contributed by atoms with E-state index in [0.29, 0.717) is 31.6 Å². The summed E-state index contributed by atoms with van der Waals surface area (Å²) in [4.78, 5) is 16.9. The van der Waals surface area contributed by atoms with Gasteiger partial charge in [-0.15, -0.1) is 0 Å². The third kappa shape index (κ3) is 3.26. The molecular formula is C17H30N2O2. The van der Waals surface area contributed by atoms with Crippen LogP contribution in [0.15, 0.2) is 0 Å². The molecule has 0 spiro atoms. The average Bonchev–Trinajstić information content (AvgIpc) is 2.45. The first-order valence-electron chi connectivity index (χ1n) is 8.85. The van der Waals surface area contributed by atoms with E-state index in [1.807, 2.05) is 0 Å². The quantitative estimate of drug-likeness (QED) is 0.862. The van der Waals surface area contributed by atoms with Gasteiger partial charge in [-0.2, -0.15) is 0 Å². The molecule has 0 aromatic rings. The number of hydrogen-bond acceptors (Lipinski definition) is 3. The number of nitrogens with zero attached hydrogens (tertiary/aromatic N) is 2. The molecule has 3 rings (SSSR count). The van der Waals surface area contributed by atoms with E-state index in [9.17, 15) is 9.90 Å². The Labute approximate surface area is 128 Å². The highest BCUT2D eigenvalue weighted by atomic mass is 16.3. The lowest BCUT2D eigenvalue weighted by Gasteiger charge is -2.48. The van der Waals surface area contributed by atoms with Gasteiger partial charge in [0, 0.05) is 25.7 Å². The Morgan fingerprint density at radius 3 is 2.67 bits per heavy atom. The molecular weight excluding hydrogens is 264 g/mol. The lowest BCUT2D eigenvalue weighted by atomic mass is 9.78. The smallest absolute Gasteiger partial charge is 0.237 e. The maximum atomic E-state index is 12.6. The van der Waals surface area contributed by atoms with Gasteiger partial charge >= 0.3 is 0 Å². The van der Waals surface area contributed by atoms with Crippen molar-refractivity contribution in [2.45, 2.75) is 69.9 Å². The summed E-state index contributed by atoms with van der Waals surface area (Å²) in [7, 11) is 0. The summed E-state index contributed by atoms with van der Waals surface area (Å²) < 4.78 is 0. The number of hydrogen-bond donors (Lipinski definition) is 1. The molecule has 21 heavy (non-hydrogen) atoms. The fourth-order valence-corrected chi connectivity index (χ4v) is 4.74. The van der Waals surface area contributed by atoms with Crippen molar-refractivity contribution in [3.05, 3.63) is 0 Å². The van der Waals surface area contributed by atoms with Crippen LogP contribution >= 0.6 is 0 Å². The van der Waals surface area contributed by atoms with Crippen molar-refractivity contribution in [3.8, 4) is 0 Å². The Hall–Kier alpha value is -0.610. The summed E-state index contributed by atoms with van der Waals surface area (Å²) in [6, 6.07) is 0.510. The first kappa shape index (κ1) is 15.3. The maximum absolute atomic E-state index is 12.6. The lowest BCUT2D eigenvalue weighted by molar-refractivity contribution is -0.148. The third-order valence-electron chi connectivity index (χ3n) is 5.67. The molecule has 3 aliphatic rings. The molecule has 3 fully saturated rings. The van der Waals surface area contributed by atoms with Gasteiger partial charge in [-0.25, -0.2) is 0 Å². The van der Waals surface area contributed by atoms with Crippen LogP contribution in [0.25, 0.3) is 0 Å². The van der Waals surface area contributed by atoms with Crippen molar-refractivity contribution < 1.29 is 9.90 Å². The van der Waals surface area contributed by atoms with Gasteiger partial charge in [0.05, 0.1) is 12.1 Å². The van der Waals surface area contributed by atoms with E-state index >= 15 is 0 Å². The van der Waals surface area contributed by atoms with Crippen molar-refractivity contribution in [1.82, 2.24) is 9.80 Å². The molecule has 2 atom stereocenters. The van der Waals surface area contributed by atoms with Crippen molar-refractivity contribution in [1.29, 1.82) is 0 Å². The second kappa shape index (κ2) is 6.25. The Balaban J connectivity index is 1.51. The predicted molar refractivity (Wildman–Crippen MR) is 83.0 cm³/mol. The SMILES string of the molecule is CCCC1(O)CN(CC(=O)N2CCCC3CCCCC32)C1. The van der Waals surface area contributed by atoms with Crippen molar-refractivity contribution >= 4 is 5.91 Å². The van der Waals surface area contributed by atoms with Crippen LogP contribution in [0, 0.1) is 5.92 Å². The molecule has 1 amide bonds. The van der Waals surface area contributed by atoms with Crippen molar-refractivity contribution in [2.24, 2.45) is 5.92 Å². The van der Waals surface area contributed by atoms with Crippen molar-refractivity contribution in [2.75, 3.05) is 26.2 Å². The van der Waals surface area contributed by atoms with Crippen LogP contribution in [0.4, 0.5) is 0 Å². The average molecular weight is 294 g/mol. The number of aliphatic hydroxyl groups is 1. The summed E-state index contributed by atoms with van der Waals surface area (Å²) in [5.74, 6) is 1.05. The van der Waals surface area contributed by atoms with Gasteiger partial charge in [-0.1, -0.05) is 26.2 Å². The number of β-amino-alcohol motifs (C(OH)–C–C–N with tert-alkyl or cyclic N) is 1. The van der Waals surface area contributed by atoms with Gasteiger partial charge in [0.25, 0.3) is 0 Å². The first-order chi connectivity index (χ1) is 10.1. The Bertz CT molecular complexity index is 377. The van der Waals surface area contributed by atoms with Gasteiger partial charge in [0.2, 0.25) is 5.91 Å². The highest BCUT2D eigenvalue weighted by Crippen LogP contribution is 2.35. The number of piperidine rings is 1. The molecule has 1 aliphatic carbocycles. The summed E-state index contributed by atoms with van der Waals surface area (Å²) in [6.07, 6.45) is 9.50. The molecule has 2 unspecified atom stereocenters. The van der Waals surface area contributed by atoms with Crippen LogP contribution in [0.2, 0.25) is 0 Å². The Morgan fingerprint density at radius 2 is 1.90 bits per heavy atom. The van der Waals surface area contributed by atoms with Gasteiger partial charge in [0.1, 0.15) is 0 Å². The minimum Gasteiger partial charge on any atom is -0.387 e. The molecule has 0 radical (unpaired) electrons. The van der Waals surface area contributed by atoms with E-state index in [-0.39, 0.29) is 0 Å². The van der Waals surface area contributed by atoms with Crippen LogP contribution in [-0.2, 0) is 4.79 Å². The van der Waals surface area contributed by atoms with Crippen LogP contribution in [0.1, 0.15) is 58.3 Å². The summed E-state index contributed by atoms with van der Waals surface area (Å²) in [5.41, 5.74) is -0.524. The summed E-state index contributed by atoms with van der Waals surface area (Å²) in [6.45, 7) is 4.91. The zero-order valence-corrected chi connectivity index (χ0v) is 13.4. The standard InChI is InChI=1S/C17H30N2O2/c1-2-9-17(21)12-18(13-17)11-16(20)19-10-5-7-14-6-3-4-8-15(14)19/h14-15,21H,2-13H2,1H3. The van der Waals surface area contributed by atoms with Gasteiger partial charge in [0.15, 0.2) is 0 Å². The van der Waals surface area contributed by atoms with Crippen LogP contribution in [-0.4, -0.2) is 58.6 Å². The van der Waals surface area contributed by atoms with E-state index in [4.69, 9.17) is 0 Å². The summed E-state index contributed by atoms with van der Waals surface area (Å²) in [5, 5.41) is 10.2. The van der Waals surface area contributed by atoms with E-state index in [1.165, 1.54) is 38.5 Å². The van der Waals surface area contributed by atoms with Gasteiger partial charge in [-0.3, -0.25) is 9.69 Å². The molecule has 0 bridgehead atoms. The number of amides is 1. The fraction of sp³-hybridized carbons (Fsp3) is 0.941. The Kier molecular flexibility index (Phi) is 4.55. The first-order valence-corrected chi connectivity index (χ1v) is 8.85. The molecule has 2 saturated heterocycles. The molecule has 120 valence electrons. The topological polar surface area (TPSA) is 43.8 Å².